The maximum atomic E-state index is 13.2. The van der Waals surface area contributed by atoms with Crippen molar-refractivity contribution in [3.63, 3.8) is 0 Å². The molecule has 5 rings (SSSR count). The largest absolute Gasteiger partial charge is 0.373 e. The number of aromatic nitrogens is 2. The Bertz CT molecular complexity index is 974. The van der Waals surface area contributed by atoms with Crippen molar-refractivity contribution >= 4 is 23.5 Å². The smallest absolute Gasteiger partial charge is 0.272 e. The van der Waals surface area contributed by atoms with Gasteiger partial charge in [0.1, 0.15) is 0 Å². The summed E-state index contributed by atoms with van der Waals surface area (Å²) in [6.07, 6.45) is 4.54. The van der Waals surface area contributed by atoms with Gasteiger partial charge in [-0.25, -0.2) is 0 Å². The number of carbonyl (C=O) groups is 1. The van der Waals surface area contributed by atoms with Crippen molar-refractivity contribution in [2.24, 2.45) is 5.10 Å². The predicted molar refractivity (Wildman–Crippen MR) is 125 cm³/mol. The van der Waals surface area contributed by atoms with Gasteiger partial charge in [-0.1, -0.05) is 18.2 Å². The van der Waals surface area contributed by atoms with Crippen LogP contribution in [0.3, 0.4) is 0 Å². The summed E-state index contributed by atoms with van der Waals surface area (Å²) in [6.45, 7) is 11.1. The molecule has 1 N–H and O–H groups in total. The standard InChI is InChI=1S/C24H34N6O2/c1-16(2)30-22-7-5-4-6-21(22)23(27-30)24(31)26-17-12-18-8-9-19(13-17)29(18)15-20-14-28(25-3)10-11-32-20/h4-7,16-20H,3,8-15H2,1-2H3,(H,26,31). The first-order chi connectivity index (χ1) is 15.5. The molecule has 2 bridgehead atoms. The molecule has 0 saturated carbocycles. The molecule has 3 atom stereocenters. The number of hydrogen-bond donors (Lipinski definition) is 1. The van der Waals surface area contributed by atoms with Crippen LogP contribution in [0.25, 0.3) is 10.9 Å². The van der Waals surface area contributed by atoms with Crippen molar-refractivity contribution in [1.29, 1.82) is 0 Å². The Morgan fingerprint density at radius 2 is 2.03 bits per heavy atom. The van der Waals surface area contributed by atoms with E-state index in [2.05, 4.69) is 41.0 Å². The van der Waals surface area contributed by atoms with Gasteiger partial charge < -0.3 is 10.1 Å². The normalized spacial score (nSPS) is 28.4. The number of benzene rings is 1. The fraction of sp³-hybridized carbons (Fsp3) is 0.625. The van der Waals surface area contributed by atoms with Gasteiger partial charge in [-0.15, -0.1) is 0 Å². The van der Waals surface area contributed by atoms with E-state index >= 15 is 0 Å². The molecule has 3 aliphatic rings. The van der Waals surface area contributed by atoms with Gasteiger partial charge in [0.05, 0.1) is 31.3 Å². The van der Waals surface area contributed by atoms with Gasteiger partial charge in [-0.2, -0.15) is 10.2 Å². The minimum Gasteiger partial charge on any atom is -0.373 e. The van der Waals surface area contributed by atoms with E-state index in [0.29, 0.717) is 24.4 Å². The molecule has 3 saturated heterocycles. The second-order valence-electron chi connectivity index (χ2n) is 9.67. The summed E-state index contributed by atoms with van der Waals surface area (Å²) in [7, 11) is 0. The van der Waals surface area contributed by atoms with Crippen molar-refractivity contribution in [1.82, 2.24) is 25.0 Å². The fourth-order valence-corrected chi connectivity index (χ4v) is 5.77. The Morgan fingerprint density at radius 1 is 1.28 bits per heavy atom. The van der Waals surface area contributed by atoms with Crippen molar-refractivity contribution in [3.05, 3.63) is 30.0 Å². The number of carbonyl (C=O) groups excluding carboxylic acids is 1. The summed E-state index contributed by atoms with van der Waals surface area (Å²) < 4.78 is 7.94. The van der Waals surface area contributed by atoms with Gasteiger partial charge in [0.2, 0.25) is 0 Å². The third-order valence-electron chi connectivity index (χ3n) is 7.27. The van der Waals surface area contributed by atoms with Crippen LogP contribution in [0.4, 0.5) is 0 Å². The van der Waals surface area contributed by atoms with E-state index < -0.39 is 0 Å². The quantitative estimate of drug-likeness (QED) is 0.702. The van der Waals surface area contributed by atoms with Crippen LogP contribution >= 0.6 is 0 Å². The monoisotopic (exact) mass is 438 g/mol. The Kier molecular flexibility index (Phi) is 5.90. The highest BCUT2D eigenvalue weighted by atomic mass is 16.5. The molecule has 0 aliphatic carbocycles. The first-order valence-corrected chi connectivity index (χ1v) is 11.9. The van der Waals surface area contributed by atoms with Gasteiger partial charge in [0.15, 0.2) is 5.69 Å². The first kappa shape index (κ1) is 21.4. The minimum atomic E-state index is -0.0539. The van der Waals surface area contributed by atoms with E-state index in [1.807, 2.05) is 34.0 Å². The van der Waals surface area contributed by atoms with Crippen LogP contribution in [-0.2, 0) is 4.74 Å². The molecule has 3 unspecified atom stereocenters. The van der Waals surface area contributed by atoms with Crippen molar-refractivity contribution in [2.75, 3.05) is 26.2 Å². The molecular formula is C24H34N6O2. The topological polar surface area (TPSA) is 75.0 Å². The minimum absolute atomic E-state index is 0.0539. The van der Waals surface area contributed by atoms with Crippen LogP contribution in [0.5, 0.6) is 0 Å². The van der Waals surface area contributed by atoms with Crippen LogP contribution in [0.1, 0.15) is 56.1 Å². The number of amides is 1. The zero-order valence-electron chi connectivity index (χ0n) is 19.1. The maximum Gasteiger partial charge on any atom is 0.272 e. The highest BCUT2D eigenvalue weighted by molar-refractivity contribution is 6.05. The first-order valence-electron chi connectivity index (χ1n) is 11.9. The zero-order chi connectivity index (χ0) is 22.2. The molecule has 1 aromatic heterocycles. The molecule has 2 aromatic rings. The second-order valence-corrected chi connectivity index (χ2v) is 9.67. The summed E-state index contributed by atoms with van der Waals surface area (Å²) >= 11 is 0. The number of para-hydroxylation sites is 1. The molecule has 172 valence electrons. The molecule has 1 aromatic carbocycles. The Morgan fingerprint density at radius 3 is 2.75 bits per heavy atom. The molecule has 32 heavy (non-hydrogen) atoms. The lowest BCUT2D eigenvalue weighted by atomic mass is 9.96. The highest BCUT2D eigenvalue weighted by Crippen LogP contribution is 2.36. The van der Waals surface area contributed by atoms with Gasteiger partial charge in [-0.3, -0.25) is 19.4 Å². The van der Waals surface area contributed by atoms with Crippen molar-refractivity contribution in [2.45, 2.75) is 69.8 Å². The number of morpholine rings is 1. The molecule has 4 heterocycles. The summed E-state index contributed by atoms with van der Waals surface area (Å²) in [4.78, 5) is 15.8. The Hall–Kier alpha value is -2.45. The number of nitrogens with zero attached hydrogens (tertiary/aromatic N) is 5. The average molecular weight is 439 g/mol. The van der Waals surface area contributed by atoms with Crippen molar-refractivity contribution in [3.8, 4) is 0 Å². The van der Waals surface area contributed by atoms with Gasteiger partial charge in [-0.05, 0) is 45.6 Å². The number of piperidine rings is 1. The summed E-state index contributed by atoms with van der Waals surface area (Å²) in [6, 6.07) is 9.40. The number of rotatable bonds is 6. The number of hydrazone groups is 1. The lowest BCUT2D eigenvalue weighted by Crippen LogP contribution is -2.54. The van der Waals surface area contributed by atoms with E-state index in [1.165, 1.54) is 12.8 Å². The SMILES string of the molecule is C=NN1CCOC(CN2C3CCC2CC(NC(=O)c2nn(C(C)C)c4ccccc24)C3)C1. The van der Waals surface area contributed by atoms with Crippen LogP contribution in [0.15, 0.2) is 29.4 Å². The number of ether oxygens (including phenoxy) is 1. The Labute approximate surface area is 189 Å². The molecule has 0 radical (unpaired) electrons. The van der Waals surface area contributed by atoms with E-state index in [1.54, 1.807) is 0 Å². The highest BCUT2D eigenvalue weighted by Gasteiger charge is 2.42. The lowest BCUT2D eigenvalue weighted by Gasteiger charge is -2.42. The number of hydrogen-bond acceptors (Lipinski definition) is 6. The lowest BCUT2D eigenvalue weighted by molar-refractivity contribution is -0.0543. The molecule has 8 nitrogen and oxygen atoms in total. The van der Waals surface area contributed by atoms with Gasteiger partial charge in [0, 0.05) is 42.8 Å². The van der Waals surface area contributed by atoms with Crippen LogP contribution in [-0.4, -0.2) is 82.8 Å². The number of nitrogens with one attached hydrogen (secondary N) is 1. The molecule has 3 fully saturated rings. The molecule has 0 spiro atoms. The average Bonchev–Trinajstić information content (AvgIpc) is 3.28. The van der Waals surface area contributed by atoms with Crippen LogP contribution in [0, 0.1) is 0 Å². The molecule has 1 amide bonds. The third kappa shape index (κ3) is 4.01. The Balaban J connectivity index is 1.24. The fourth-order valence-electron chi connectivity index (χ4n) is 5.77. The summed E-state index contributed by atoms with van der Waals surface area (Å²) in [5.41, 5.74) is 1.55. The van der Waals surface area contributed by atoms with Crippen LogP contribution < -0.4 is 5.32 Å². The maximum absolute atomic E-state index is 13.2. The van der Waals surface area contributed by atoms with E-state index in [-0.39, 0.29) is 24.1 Å². The summed E-state index contributed by atoms with van der Waals surface area (Å²) in [5, 5.41) is 15.0. The number of fused-ring (bicyclic) bond motifs is 3. The van der Waals surface area contributed by atoms with Gasteiger partial charge in [0.25, 0.3) is 5.91 Å². The van der Waals surface area contributed by atoms with E-state index in [0.717, 1.165) is 43.4 Å². The van der Waals surface area contributed by atoms with E-state index in [4.69, 9.17) is 4.74 Å². The van der Waals surface area contributed by atoms with E-state index in [9.17, 15) is 4.79 Å². The van der Waals surface area contributed by atoms with Gasteiger partial charge >= 0.3 is 0 Å². The molecule has 3 aliphatic heterocycles. The zero-order valence-corrected chi connectivity index (χ0v) is 19.1. The summed E-state index contributed by atoms with van der Waals surface area (Å²) in [5.74, 6) is -0.0539. The second kappa shape index (κ2) is 8.83. The van der Waals surface area contributed by atoms with Crippen molar-refractivity contribution < 1.29 is 9.53 Å². The molecular weight excluding hydrogens is 404 g/mol. The predicted octanol–water partition coefficient (Wildman–Crippen LogP) is 2.66. The van der Waals surface area contributed by atoms with Crippen LogP contribution in [0.2, 0.25) is 0 Å². The molecule has 8 heteroatoms. The third-order valence-corrected chi connectivity index (χ3v) is 7.27.